The van der Waals surface area contributed by atoms with Crippen molar-refractivity contribution in [3.05, 3.63) is 90.2 Å². The number of urea groups is 1. The number of carbonyl (C=O) groups is 1. The maximum absolute atomic E-state index is 13.0. The quantitative estimate of drug-likeness (QED) is 0.636. The van der Waals surface area contributed by atoms with Gasteiger partial charge in [0.25, 0.3) is 0 Å². The van der Waals surface area contributed by atoms with Crippen molar-refractivity contribution in [1.29, 1.82) is 0 Å². The van der Waals surface area contributed by atoms with E-state index in [0.29, 0.717) is 17.3 Å². The number of hydrogen-bond donors (Lipinski definition) is 1. The van der Waals surface area contributed by atoms with E-state index in [-0.39, 0.29) is 11.8 Å². The molecule has 0 spiro atoms. The van der Waals surface area contributed by atoms with Crippen LogP contribution in [0.4, 0.5) is 20.6 Å². The van der Waals surface area contributed by atoms with Crippen LogP contribution in [-0.2, 0) is 0 Å². The molecule has 5 nitrogen and oxygen atoms in total. The summed E-state index contributed by atoms with van der Waals surface area (Å²) in [5.41, 5.74) is 2.28. The number of halogens is 2. The normalized spacial score (nSPS) is 13.6. The van der Waals surface area contributed by atoms with Crippen molar-refractivity contribution >= 4 is 39.9 Å². The number of pyridine rings is 1. The first kappa shape index (κ1) is 18.0. The lowest BCUT2D eigenvalue weighted by molar-refractivity contribution is 0.239. The van der Waals surface area contributed by atoms with Crippen molar-refractivity contribution in [3.8, 4) is 0 Å². The molecule has 2 amide bonds. The van der Waals surface area contributed by atoms with E-state index in [9.17, 15) is 9.18 Å². The molecule has 0 atom stereocenters. The minimum absolute atomic E-state index is 0.340. The zero-order valence-electron chi connectivity index (χ0n) is 14.7. The molecule has 140 valence electrons. The van der Waals surface area contributed by atoms with E-state index in [4.69, 9.17) is 11.6 Å². The molecule has 0 aliphatic carbocycles. The Bertz CT molecular complexity index is 1080. The van der Waals surface area contributed by atoms with E-state index >= 15 is 0 Å². The summed E-state index contributed by atoms with van der Waals surface area (Å²) in [5.74, 6) is -0.353. The van der Waals surface area contributed by atoms with Crippen LogP contribution in [0, 0.1) is 5.82 Å². The second-order valence-corrected chi connectivity index (χ2v) is 6.61. The summed E-state index contributed by atoms with van der Waals surface area (Å²) in [6, 6.07) is 12.8. The Morgan fingerprint density at radius 3 is 2.71 bits per heavy atom. The number of benzene rings is 2. The number of amides is 2. The smallest absolute Gasteiger partial charge is 0.329 e. The Hall–Kier alpha value is -3.38. The molecular weight excluding hydrogens is 379 g/mol. The van der Waals surface area contributed by atoms with Crippen LogP contribution in [0.1, 0.15) is 0 Å². The van der Waals surface area contributed by atoms with Crippen molar-refractivity contribution in [2.24, 2.45) is 0 Å². The van der Waals surface area contributed by atoms with Gasteiger partial charge in [0.05, 0.1) is 11.2 Å². The summed E-state index contributed by atoms with van der Waals surface area (Å²) < 4.78 is 13.0. The van der Waals surface area contributed by atoms with Crippen LogP contribution in [-0.4, -0.2) is 22.5 Å². The van der Waals surface area contributed by atoms with Gasteiger partial charge in [-0.25, -0.2) is 9.18 Å². The Labute approximate surface area is 166 Å². The van der Waals surface area contributed by atoms with Gasteiger partial charge in [-0.15, -0.1) is 0 Å². The number of rotatable bonds is 2. The average Bonchev–Trinajstić information content (AvgIpc) is 2.95. The zero-order chi connectivity index (χ0) is 19.5. The summed E-state index contributed by atoms with van der Waals surface area (Å²) in [6.45, 7) is 0.582. The molecule has 4 rings (SSSR count). The van der Waals surface area contributed by atoms with Crippen molar-refractivity contribution in [2.75, 3.05) is 16.8 Å². The molecule has 3 aromatic rings. The summed E-state index contributed by atoms with van der Waals surface area (Å²) in [7, 11) is 0. The average molecular weight is 395 g/mol. The topological polar surface area (TPSA) is 48.5 Å². The maximum Gasteiger partial charge on any atom is 0.329 e. The summed E-state index contributed by atoms with van der Waals surface area (Å²) in [6.07, 6.45) is 8.80. The van der Waals surface area contributed by atoms with Gasteiger partial charge >= 0.3 is 6.03 Å². The Balaban J connectivity index is 1.55. The third-order valence-corrected chi connectivity index (χ3v) is 4.53. The first-order valence-electron chi connectivity index (χ1n) is 8.61. The molecule has 0 bridgehead atoms. The van der Waals surface area contributed by atoms with E-state index in [2.05, 4.69) is 10.3 Å². The number of nitrogens with one attached hydrogen (secondary N) is 1. The fraction of sp³-hybridized carbons (Fsp3) is 0.0476. The molecule has 28 heavy (non-hydrogen) atoms. The number of hydrogen-bond acceptors (Lipinski definition) is 3. The Morgan fingerprint density at radius 1 is 1.07 bits per heavy atom. The lowest BCUT2D eigenvalue weighted by Crippen LogP contribution is -2.25. The van der Waals surface area contributed by atoms with Gasteiger partial charge in [0.2, 0.25) is 0 Å². The number of nitrogens with zero attached hydrogens (tertiary/aromatic N) is 3. The van der Waals surface area contributed by atoms with Crippen LogP contribution in [0.5, 0.6) is 0 Å². The second-order valence-electron chi connectivity index (χ2n) is 6.17. The molecule has 7 heteroatoms. The fourth-order valence-electron chi connectivity index (χ4n) is 2.93. The van der Waals surface area contributed by atoms with E-state index in [1.54, 1.807) is 18.6 Å². The molecule has 0 radical (unpaired) electrons. The Morgan fingerprint density at radius 2 is 1.89 bits per heavy atom. The fourth-order valence-corrected chi connectivity index (χ4v) is 3.10. The first-order chi connectivity index (χ1) is 13.6. The molecule has 1 aromatic heterocycles. The number of fused-ring (bicyclic) bond motifs is 1. The molecule has 1 N–H and O–H groups in total. The highest BCUT2D eigenvalue weighted by Gasteiger charge is 2.14. The van der Waals surface area contributed by atoms with Crippen molar-refractivity contribution in [3.63, 3.8) is 0 Å². The van der Waals surface area contributed by atoms with Crippen molar-refractivity contribution < 1.29 is 9.18 Å². The predicted octanol–water partition coefficient (Wildman–Crippen LogP) is 5.37. The van der Waals surface area contributed by atoms with Crippen LogP contribution in [0.15, 0.2) is 79.4 Å². The SMILES string of the molecule is O=C(Nc1ccc(F)cc1)N1C=CCN(c2ccnc3cc(Cl)ccc23)C=C1. The van der Waals surface area contributed by atoms with E-state index in [1.165, 1.54) is 29.2 Å². The van der Waals surface area contributed by atoms with Gasteiger partial charge in [-0.3, -0.25) is 9.88 Å². The molecule has 1 aliphatic rings. The van der Waals surface area contributed by atoms with Crippen molar-refractivity contribution in [2.45, 2.75) is 0 Å². The highest BCUT2D eigenvalue weighted by atomic mass is 35.5. The van der Waals surface area contributed by atoms with Gasteiger partial charge in [0.15, 0.2) is 0 Å². The third-order valence-electron chi connectivity index (χ3n) is 4.30. The van der Waals surface area contributed by atoms with Gasteiger partial charge < -0.3 is 10.2 Å². The lowest BCUT2D eigenvalue weighted by Gasteiger charge is -2.19. The lowest BCUT2D eigenvalue weighted by atomic mass is 10.1. The Kier molecular flexibility index (Phi) is 4.95. The minimum atomic E-state index is -0.353. The van der Waals surface area contributed by atoms with E-state index < -0.39 is 0 Å². The largest absolute Gasteiger partial charge is 0.342 e. The molecule has 1 aliphatic heterocycles. The molecular formula is C21H16ClFN4O. The number of anilines is 2. The molecule has 0 saturated carbocycles. The number of carbonyl (C=O) groups excluding carboxylic acids is 1. The van der Waals surface area contributed by atoms with E-state index in [0.717, 1.165) is 16.6 Å². The van der Waals surface area contributed by atoms with Crippen LogP contribution < -0.4 is 10.2 Å². The van der Waals surface area contributed by atoms with Gasteiger partial charge in [-0.2, -0.15) is 0 Å². The van der Waals surface area contributed by atoms with Crippen molar-refractivity contribution in [1.82, 2.24) is 9.88 Å². The molecule has 0 saturated heterocycles. The molecule has 0 fully saturated rings. The monoisotopic (exact) mass is 394 g/mol. The van der Waals surface area contributed by atoms with Gasteiger partial charge in [0, 0.05) is 47.4 Å². The van der Waals surface area contributed by atoms with Crippen LogP contribution in [0.2, 0.25) is 5.02 Å². The van der Waals surface area contributed by atoms with Gasteiger partial charge in [-0.1, -0.05) is 11.6 Å². The van der Waals surface area contributed by atoms with E-state index in [1.807, 2.05) is 41.4 Å². The van der Waals surface area contributed by atoms with Gasteiger partial charge in [-0.05, 0) is 54.6 Å². The minimum Gasteiger partial charge on any atom is -0.342 e. The summed E-state index contributed by atoms with van der Waals surface area (Å²) in [5, 5.41) is 4.33. The second kappa shape index (κ2) is 7.70. The maximum atomic E-state index is 13.0. The van der Waals surface area contributed by atoms with Crippen LogP contribution in [0.25, 0.3) is 10.9 Å². The van der Waals surface area contributed by atoms with Gasteiger partial charge in [0.1, 0.15) is 5.82 Å². The zero-order valence-corrected chi connectivity index (χ0v) is 15.5. The molecule has 2 aromatic carbocycles. The number of aromatic nitrogens is 1. The summed E-state index contributed by atoms with van der Waals surface area (Å²) >= 11 is 6.06. The predicted molar refractivity (Wildman–Crippen MR) is 110 cm³/mol. The molecule has 0 unspecified atom stereocenters. The third kappa shape index (κ3) is 3.82. The first-order valence-corrected chi connectivity index (χ1v) is 8.99. The highest BCUT2D eigenvalue weighted by Crippen LogP contribution is 2.28. The van der Waals surface area contributed by atoms with Crippen LogP contribution in [0.3, 0.4) is 0 Å². The highest BCUT2D eigenvalue weighted by molar-refractivity contribution is 6.31. The van der Waals surface area contributed by atoms with Crippen LogP contribution >= 0.6 is 11.6 Å². The molecule has 2 heterocycles. The standard InChI is InChI=1S/C21H16ClFN4O/c22-15-2-7-18-19(14-15)24-9-8-20(18)26-10-1-11-27(13-12-26)21(28)25-17-5-3-16(23)4-6-17/h1-9,11-14H,10H2,(H,25,28). The summed E-state index contributed by atoms with van der Waals surface area (Å²) in [4.78, 5) is 20.3.